The molecule has 2 rings (SSSR count). The van der Waals surface area contributed by atoms with Gasteiger partial charge in [-0.1, -0.05) is 13.0 Å². The number of benzene rings is 1. The quantitative estimate of drug-likeness (QED) is 0.899. The van der Waals surface area contributed by atoms with Gasteiger partial charge in [0.15, 0.2) is 0 Å². The number of pyridine rings is 1. The van der Waals surface area contributed by atoms with Crippen LogP contribution in [-0.4, -0.2) is 23.2 Å². The van der Waals surface area contributed by atoms with Crippen molar-refractivity contribution in [1.29, 1.82) is 0 Å². The van der Waals surface area contributed by atoms with Gasteiger partial charge >= 0.3 is 5.97 Å². The highest BCUT2D eigenvalue weighted by atomic mass is 16.5. The van der Waals surface area contributed by atoms with Crippen LogP contribution >= 0.6 is 0 Å². The highest BCUT2D eigenvalue weighted by Gasteiger charge is 2.14. The van der Waals surface area contributed by atoms with Crippen molar-refractivity contribution in [3.63, 3.8) is 0 Å². The number of methoxy groups -OCH3 is 1. The Balaban J connectivity index is 2.52. The molecule has 1 N–H and O–H groups in total. The predicted octanol–water partition coefficient (Wildman–Crippen LogP) is 2.82. The number of ether oxygens (including phenoxy) is 1. The third-order valence-corrected chi connectivity index (χ3v) is 2.95. The van der Waals surface area contributed by atoms with Gasteiger partial charge in [0.05, 0.1) is 19.2 Å². The van der Waals surface area contributed by atoms with Crippen LogP contribution in [0.15, 0.2) is 30.5 Å². The van der Waals surface area contributed by atoms with Gasteiger partial charge in [0.1, 0.15) is 5.75 Å². The highest BCUT2D eigenvalue weighted by Crippen LogP contribution is 2.28. The van der Waals surface area contributed by atoms with E-state index in [0.717, 1.165) is 22.2 Å². The van der Waals surface area contributed by atoms with Gasteiger partial charge in [-0.15, -0.1) is 0 Å². The first-order valence-corrected chi connectivity index (χ1v) is 5.76. The van der Waals surface area contributed by atoms with E-state index in [1.165, 1.54) is 0 Å². The molecule has 1 heterocycles. The average molecular weight is 245 g/mol. The summed E-state index contributed by atoms with van der Waals surface area (Å²) in [4.78, 5) is 15.1. The van der Waals surface area contributed by atoms with E-state index in [2.05, 4.69) is 4.98 Å². The van der Waals surface area contributed by atoms with E-state index in [0.29, 0.717) is 0 Å². The first kappa shape index (κ1) is 12.4. The van der Waals surface area contributed by atoms with E-state index in [1.54, 1.807) is 13.3 Å². The van der Waals surface area contributed by atoms with E-state index in [9.17, 15) is 4.79 Å². The monoisotopic (exact) mass is 245 g/mol. The first-order valence-electron chi connectivity index (χ1n) is 5.76. The molecule has 0 amide bonds. The van der Waals surface area contributed by atoms with Crippen molar-refractivity contribution in [1.82, 2.24) is 4.98 Å². The van der Waals surface area contributed by atoms with Crippen molar-refractivity contribution >= 4 is 16.7 Å². The molecule has 0 radical (unpaired) electrons. The molecular weight excluding hydrogens is 230 g/mol. The molecule has 0 saturated heterocycles. The maximum atomic E-state index is 10.8. The molecular formula is C14H15NO3. The van der Waals surface area contributed by atoms with E-state index in [1.807, 2.05) is 31.2 Å². The van der Waals surface area contributed by atoms with Crippen LogP contribution < -0.4 is 4.74 Å². The Labute approximate surface area is 105 Å². The number of hydrogen-bond acceptors (Lipinski definition) is 3. The maximum absolute atomic E-state index is 10.8. The van der Waals surface area contributed by atoms with Crippen LogP contribution in [0, 0.1) is 0 Å². The maximum Gasteiger partial charge on any atom is 0.304 e. The van der Waals surface area contributed by atoms with Crippen LogP contribution in [0.5, 0.6) is 5.75 Å². The zero-order chi connectivity index (χ0) is 13.1. The second-order valence-corrected chi connectivity index (χ2v) is 4.28. The SMILES string of the molecule is COc1ccc2ccnc(C(C)CC(=O)O)c2c1. The molecule has 0 bridgehead atoms. The topological polar surface area (TPSA) is 59.4 Å². The molecule has 0 saturated carbocycles. The van der Waals surface area contributed by atoms with Crippen LogP contribution in [0.4, 0.5) is 0 Å². The summed E-state index contributed by atoms with van der Waals surface area (Å²) in [5.74, 6) is -0.193. The molecule has 0 spiro atoms. The Kier molecular flexibility index (Phi) is 3.46. The summed E-state index contributed by atoms with van der Waals surface area (Å²) in [6.07, 6.45) is 1.78. The summed E-state index contributed by atoms with van der Waals surface area (Å²) >= 11 is 0. The standard InChI is InChI=1S/C14H15NO3/c1-9(7-13(16)17)14-12-8-11(18-2)4-3-10(12)5-6-15-14/h3-6,8-9H,7H2,1-2H3,(H,16,17). The van der Waals surface area contributed by atoms with Crippen LogP contribution in [-0.2, 0) is 4.79 Å². The molecule has 4 heteroatoms. The molecule has 4 nitrogen and oxygen atoms in total. The number of aromatic nitrogens is 1. The minimum absolute atomic E-state index is 0.0727. The van der Waals surface area contributed by atoms with Gasteiger partial charge in [0, 0.05) is 17.5 Å². The van der Waals surface area contributed by atoms with Crippen LogP contribution in [0.2, 0.25) is 0 Å². The number of nitrogens with zero attached hydrogens (tertiary/aromatic N) is 1. The number of carbonyl (C=O) groups is 1. The number of carboxylic acids is 1. The molecule has 0 aliphatic carbocycles. The minimum Gasteiger partial charge on any atom is -0.497 e. The number of fused-ring (bicyclic) bond motifs is 1. The van der Waals surface area contributed by atoms with Gasteiger partial charge in [-0.25, -0.2) is 0 Å². The molecule has 0 fully saturated rings. The van der Waals surface area contributed by atoms with Gasteiger partial charge in [0.25, 0.3) is 0 Å². The Morgan fingerprint density at radius 3 is 2.89 bits per heavy atom. The van der Waals surface area contributed by atoms with Gasteiger partial charge in [-0.2, -0.15) is 0 Å². The molecule has 0 aliphatic heterocycles. The Morgan fingerprint density at radius 2 is 2.22 bits per heavy atom. The van der Waals surface area contributed by atoms with Gasteiger partial charge in [0.2, 0.25) is 0 Å². The van der Waals surface area contributed by atoms with Crippen LogP contribution in [0.3, 0.4) is 0 Å². The summed E-state index contributed by atoms with van der Waals surface area (Å²) in [7, 11) is 1.61. The first-order chi connectivity index (χ1) is 8.61. The molecule has 1 aromatic heterocycles. The van der Waals surface area contributed by atoms with Crippen LogP contribution in [0.1, 0.15) is 25.0 Å². The highest BCUT2D eigenvalue weighted by molar-refractivity contribution is 5.86. The third-order valence-electron chi connectivity index (χ3n) is 2.95. The lowest BCUT2D eigenvalue weighted by Crippen LogP contribution is -2.05. The number of hydrogen-bond donors (Lipinski definition) is 1. The van der Waals surface area contributed by atoms with Crippen molar-refractivity contribution in [3.05, 3.63) is 36.2 Å². The van der Waals surface area contributed by atoms with Gasteiger partial charge in [-0.3, -0.25) is 9.78 Å². The zero-order valence-corrected chi connectivity index (χ0v) is 10.4. The summed E-state index contributed by atoms with van der Waals surface area (Å²) in [5.41, 5.74) is 0.800. The molecule has 18 heavy (non-hydrogen) atoms. The fourth-order valence-corrected chi connectivity index (χ4v) is 2.05. The summed E-state index contributed by atoms with van der Waals surface area (Å²) in [6.45, 7) is 1.87. The van der Waals surface area contributed by atoms with Gasteiger partial charge in [-0.05, 0) is 23.6 Å². The van der Waals surface area contributed by atoms with E-state index in [-0.39, 0.29) is 12.3 Å². The fraction of sp³-hybridized carbons (Fsp3) is 0.286. The largest absolute Gasteiger partial charge is 0.497 e. The van der Waals surface area contributed by atoms with Crippen molar-refractivity contribution in [2.45, 2.75) is 19.3 Å². The molecule has 0 aliphatic rings. The number of rotatable bonds is 4. The van der Waals surface area contributed by atoms with E-state index in [4.69, 9.17) is 9.84 Å². The average Bonchev–Trinajstić information content (AvgIpc) is 2.36. The number of aliphatic carboxylic acids is 1. The Hall–Kier alpha value is -2.10. The molecule has 1 aromatic carbocycles. The smallest absolute Gasteiger partial charge is 0.304 e. The van der Waals surface area contributed by atoms with E-state index >= 15 is 0 Å². The summed E-state index contributed by atoms with van der Waals surface area (Å²) in [6, 6.07) is 7.64. The molecule has 2 aromatic rings. The lowest BCUT2D eigenvalue weighted by molar-refractivity contribution is -0.137. The minimum atomic E-state index is -0.816. The Morgan fingerprint density at radius 1 is 1.44 bits per heavy atom. The molecule has 94 valence electrons. The van der Waals surface area contributed by atoms with E-state index < -0.39 is 5.97 Å². The molecule has 1 atom stereocenters. The van der Waals surface area contributed by atoms with Gasteiger partial charge < -0.3 is 9.84 Å². The lowest BCUT2D eigenvalue weighted by atomic mass is 9.98. The number of carboxylic acid groups (broad SMARTS) is 1. The second kappa shape index (κ2) is 5.04. The normalized spacial score (nSPS) is 12.3. The second-order valence-electron chi connectivity index (χ2n) is 4.28. The van der Waals surface area contributed by atoms with Crippen molar-refractivity contribution in [2.24, 2.45) is 0 Å². The van der Waals surface area contributed by atoms with Crippen molar-refractivity contribution in [2.75, 3.05) is 7.11 Å². The third kappa shape index (κ3) is 2.42. The summed E-state index contributed by atoms with van der Waals surface area (Å²) < 4.78 is 5.19. The Bertz CT molecular complexity index is 580. The van der Waals surface area contributed by atoms with Crippen molar-refractivity contribution < 1.29 is 14.6 Å². The van der Waals surface area contributed by atoms with Crippen molar-refractivity contribution in [3.8, 4) is 5.75 Å². The zero-order valence-electron chi connectivity index (χ0n) is 10.4. The molecule has 1 unspecified atom stereocenters. The lowest BCUT2D eigenvalue weighted by Gasteiger charge is -2.12. The predicted molar refractivity (Wildman–Crippen MR) is 69.0 cm³/mol. The fourth-order valence-electron chi connectivity index (χ4n) is 2.05. The van der Waals surface area contributed by atoms with Crippen LogP contribution in [0.25, 0.3) is 10.8 Å². The summed E-state index contributed by atoms with van der Waals surface area (Å²) in [5, 5.41) is 10.9.